The number of rotatable bonds is 6. The normalized spacial score (nSPS) is 10.4. The lowest BCUT2D eigenvalue weighted by Crippen LogP contribution is -2.14. The van der Waals surface area contributed by atoms with Crippen molar-refractivity contribution < 1.29 is 4.79 Å². The Bertz CT molecular complexity index is 965. The molecular weight excluding hydrogens is 376 g/mol. The molecule has 0 aliphatic rings. The predicted molar refractivity (Wildman–Crippen MR) is 113 cm³/mol. The maximum atomic E-state index is 12.6. The summed E-state index contributed by atoms with van der Waals surface area (Å²) in [4.78, 5) is 25.7. The average molecular weight is 397 g/mol. The fourth-order valence-electron chi connectivity index (χ4n) is 2.68. The van der Waals surface area contributed by atoms with Crippen molar-refractivity contribution in [1.29, 1.82) is 0 Å². The molecule has 0 aliphatic carbocycles. The highest BCUT2D eigenvalue weighted by Gasteiger charge is 2.14. The van der Waals surface area contributed by atoms with E-state index in [2.05, 4.69) is 30.9 Å². The van der Waals surface area contributed by atoms with Crippen molar-refractivity contribution in [2.45, 2.75) is 20.3 Å². The summed E-state index contributed by atoms with van der Waals surface area (Å²) >= 11 is 6.18. The summed E-state index contributed by atoms with van der Waals surface area (Å²) < 4.78 is 0. The molecule has 0 saturated heterocycles. The monoisotopic (exact) mass is 396 g/mol. The first kappa shape index (κ1) is 19.6. The van der Waals surface area contributed by atoms with E-state index in [1.807, 2.05) is 32.0 Å². The number of aryl methyl sites for hydroxylation is 2. The molecule has 3 N–H and O–H groups in total. The Hall–Kier alpha value is -3.19. The number of hydrogen-bond donors (Lipinski definition) is 3. The van der Waals surface area contributed by atoms with Gasteiger partial charge in [-0.2, -0.15) is 4.98 Å². The topological polar surface area (TPSA) is 91.8 Å². The fraction of sp³-hybridized carbons (Fsp3) is 0.200. The van der Waals surface area contributed by atoms with Crippen molar-refractivity contribution in [3.8, 4) is 0 Å². The Kier molecular flexibility index (Phi) is 6.06. The van der Waals surface area contributed by atoms with E-state index in [1.54, 1.807) is 31.4 Å². The number of nitrogens with zero attached hydrogens (tertiary/aromatic N) is 3. The molecular formula is C20H21ClN6O. The van der Waals surface area contributed by atoms with Crippen LogP contribution in [0, 0.1) is 6.92 Å². The first-order chi connectivity index (χ1) is 13.5. The number of pyridine rings is 1. The summed E-state index contributed by atoms with van der Waals surface area (Å²) in [5.74, 6) is 1.43. The summed E-state index contributed by atoms with van der Waals surface area (Å²) in [5.41, 5.74) is 2.77. The van der Waals surface area contributed by atoms with Crippen LogP contribution in [0.5, 0.6) is 0 Å². The van der Waals surface area contributed by atoms with Gasteiger partial charge in [-0.15, -0.1) is 0 Å². The fourth-order valence-corrected chi connectivity index (χ4v) is 2.98. The Morgan fingerprint density at radius 2 is 1.96 bits per heavy atom. The van der Waals surface area contributed by atoms with Crippen LogP contribution in [-0.4, -0.2) is 27.9 Å². The van der Waals surface area contributed by atoms with Crippen LogP contribution in [0.2, 0.25) is 5.02 Å². The predicted octanol–water partition coefficient (Wildman–Crippen LogP) is 4.43. The van der Waals surface area contributed by atoms with E-state index >= 15 is 0 Å². The molecule has 1 amide bonds. The molecule has 2 heterocycles. The highest BCUT2D eigenvalue weighted by atomic mass is 35.5. The van der Waals surface area contributed by atoms with E-state index in [-0.39, 0.29) is 5.91 Å². The minimum absolute atomic E-state index is 0.270. The largest absolute Gasteiger partial charge is 0.357 e. The lowest BCUT2D eigenvalue weighted by Gasteiger charge is -2.11. The van der Waals surface area contributed by atoms with Crippen LogP contribution in [0.15, 0.2) is 42.6 Å². The zero-order valence-corrected chi connectivity index (χ0v) is 16.6. The minimum atomic E-state index is -0.270. The number of nitrogens with one attached hydrogen (secondary N) is 3. The zero-order chi connectivity index (χ0) is 20.1. The van der Waals surface area contributed by atoms with Gasteiger partial charge in [0.2, 0.25) is 5.95 Å². The first-order valence-corrected chi connectivity index (χ1v) is 9.23. The van der Waals surface area contributed by atoms with E-state index in [0.717, 1.165) is 17.7 Å². The lowest BCUT2D eigenvalue weighted by atomic mass is 10.1. The smallest absolute Gasteiger partial charge is 0.257 e. The molecule has 0 aliphatic heterocycles. The van der Waals surface area contributed by atoms with Crippen LogP contribution in [0.4, 0.5) is 23.3 Å². The number of anilines is 4. The number of benzene rings is 1. The van der Waals surface area contributed by atoms with E-state index in [4.69, 9.17) is 11.6 Å². The molecule has 0 atom stereocenters. The summed E-state index contributed by atoms with van der Waals surface area (Å²) in [6.07, 6.45) is 2.39. The molecule has 28 heavy (non-hydrogen) atoms. The molecule has 3 rings (SSSR count). The van der Waals surface area contributed by atoms with Crippen LogP contribution in [0.3, 0.4) is 0 Å². The summed E-state index contributed by atoms with van der Waals surface area (Å²) in [6, 6.07) is 10.7. The Labute approximate surface area is 168 Å². The number of amides is 1. The van der Waals surface area contributed by atoms with Crippen molar-refractivity contribution in [1.82, 2.24) is 15.0 Å². The molecule has 0 radical (unpaired) electrons. The summed E-state index contributed by atoms with van der Waals surface area (Å²) in [5, 5.41) is 9.37. The SMILES string of the molecule is CCc1cc(Nc2cc(NC(=O)c3c(C)cccc3Cl)ccn2)nc(NC)n1. The Morgan fingerprint density at radius 3 is 2.68 bits per heavy atom. The van der Waals surface area contributed by atoms with Crippen molar-refractivity contribution in [2.75, 3.05) is 23.0 Å². The molecule has 0 saturated carbocycles. The van der Waals surface area contributed by atoms with Gasteiger partial charge in [0.25, 0.3) is 5.91 Å². The quantitative estimate of drug-likeness (QED) is 0.570. The molecule has 3 aromatic rings. The summed E-state index contributed by atoms with van der Waals surface area (Å²) in [6.45, 7) is 3.87. The van der Waals surface area contributed by atoms with Gasteiger partial charge in [0.1, 0.15) is 11.6 Å². The van der Waals surface area contributed by atoms with Gasteiger partial charge in [-0.05, 0) is 31.0 Å². The van der Waals surface area contributed by atoms with Gasteiger partial charge in [0.15, 0.2) is 0 Å². The van der Waals surface area contributed by atoms with Gasteiger partial charge in [-0.3, -0.25) is 4.79 Å². The number of carbonyl (C=O) groups excluding carboxylic acids is 1. The Morgan fingerprint density at radius 1 is 1.14 bits per heavy atom. The van der Waals surface area contributed by atoms with E-state index in [0.29, 0.717) is 33.9 Å². The maximum Gasteiger partial charge on any atom is 0.257 e. The zero-order valence-electron chi connectivity index (χ0n) is 15.9. The minimum Gasteiger partial charge on any atom is -0.357 e. The third-order valence-electron chi connectivity index (χ3n) is 4.09. The van der Waals surface area contributed by atoms with Gasteiger partial charge in [-0.1, -0.05) is 30.7 Å². The molecule has 0 unspecified atom stereocenters. The molecule has 144 valence electrons. The van der Waals surface area contributed by atoms with Gasteiger partial charge in [0, 0.05) is 36.8 Å². The van der Waals surface area contributed by atoms with Gasteiger partial charge in [-0.25, -0.2) is 9.97 Å². The van der Waals surface area contributed by atoms with E-state index in [9.17, 15) is 4.79 Å². The maximum absolute atomic E-state index is 12.6. The van der Waals surface area contributed by atoms with Gasteiger partial charge < -0.3 is 16.0 Å². The second-order valence-electron chi connectivity index (χ2n) is 6.11. The highest BCUT2D eigenvalue weighted by Crippen LogP contribution is 2.22. The van der Waals surface area contributed by atoms with Crippen LogP contribution >= 0.6 is 11.6 Å². The molecule has 0 spiro atoms. The molecule has 2 aromatic heterocycles. The Balaban J connectivity index is 1.80. The number of halogens is 1. The first-order valence-electron chi connectivity index (χ1n) is 8.85. The summed E-state index contributed by atoms with van der Waals surface area (Å²) in [7, 11) is 1.77. The molecule has 1 aromatic carbocycles. The van der Waals surface area contributed by atoms with Crippen molar-refractivity contribution in [2.24, 2.45) is 0 Å². The standard InChI is InChI=1S/C20H21ClN6O/c1-4-13-10-17(27-20(22-3)25-13)26-16-11-14(8-9-23-16)24-19(28)18-12(2)6-5-7-15(18)21/h5-11H,4H2,1-3H3,(H3,22,23,24,25,26,27,28). The van der Waals surface area contributed by atoms with Crippen LogP contribution in [-0.2, 0) is 6.42 Å². The van der Waals surface area contributed by atoms with Crippen LogP contribution in [0.1, 0.15) is 28.5 Å². The van der Waals surface area contributed by atoms with Gasteiger partial charge in [0.05, 0.1) is 10.6 Å². The third kappa shape index (κ3) is 4.55. The molecule has 0 bridgehead atoms. The molecule has 0 fully saturated rings. The number of hydrogen-bond acceptors (Lipinski definition) is 6. The van der Waals surface area contributed by atoms with Crippen LogP contribution < -0.4 is 16.0 Å². The molecule has 7 nitrogen and oxygen atoms in total. The van der Waals surface area contributed by atoms with Gasteiger partial charge >= 0.3 is 0 Å². The third-order valence-corrected chi connectivity index (χ3v) is 4.40. The number of aromatic nitrogens is 3. The van der Waals surface area contributed by atoms with Crippen molar-refractivity contribution >= 4 is 40.8 Å². The van der Waals surface area contributed by atoms with Crippen molar-refractivity contribution in [3.63, 3.8) is 0 Å². The van der Waals surface area contributed by atoms with Crippen LogP contribution in [0.25, 0.3) is 0 Å². The van der Waals surface area contributed by atoms with Crippen molar-refractivity contribution in [3.05, 3.63) is 64.4 Å². The average Bonchev–Trinajstić information content (AvgIpc) is 2.67. The second kappa shape index (κ2) is 8.67. The molecule has 8 heteroatoms. The second-order valence-corrected chi connectivity index (χ2v) is 6.52. The van der Waals surface area contributed by atoms with E-state index in [1.165, 1.54) is 0 Å². The lowest BCUT2D eigenvalue weighted by molar-refractivity contribution is 0.102. The number of carbonyl (C=O) groups is 1. The highest BCUT2D eigenvalue weighted by molar-refractivity contribution is 6.34. The van der Waals surface area contributed by atoms with E-state index < -0.39 is 0 Å².